The summed E-state index contributed by atoms with van der Waals surface area (Å²) in [4.78, 5) is 16.5. The number of halogens is 2. The van der Waals surface area contributed by atoms with Crippen LogP contribution in [0.15, 0.2) is 41.0 Å². The van der Waals surface area contributed by atoms with Crippen LogP contribution >= 0.6 is 23.2 Å². The molecule has 0 saturated heterocycles. The Labute approximate surface area is 165 Å². The van der Waals surface area contributed by atoms with Crippen LogP contribution in [0.25, 0.3) is 6.08 Å². The van der Waals surface area contributed by atoms with Gasteiger partial charge in [-0.15, -0.1) is 0 Å². The van der Waals surface area contributed by atoms with Crippen molar-refractivity contribution in [3.63, 3.8) is 0 Å². The average molecular weight is 408 g/mol. The molecule has 1 aliphatic rings. The molecule has 8 heteroatoms. The van der Waals surface area contributed by atoms with E-state index in [2.05, 4.69) is 4.99 Å². The molecule has 0 fully saturated rings. The molecular weight excluding hydrogens is 393 g/mol. The lowest BCUT2D eigenvalue weighted by atomic mass is 10.1. The maximum Gasteiger partial charge on any atom is 0.363 e. The second kappa shape index (κ2) is 7.90. The van der Waals surface area contributed by atoms with Gasteiger partial charge in [0, 0.05) is 11.1 Å². The third-order valence-corrected chi connectivity index (χ3v) is 4.55. The number of aliphatic imine (C=N–C) groups is 1. The molecule has 0 atom stereocenters. The topological polar surface area (TPSA) is 66.4 Å². The van der Waals surface area contributed by atoms with Gasteiger partial charge in [-0.25, -0.2) is 9.79 Å². The first-order valence-corrected chi connectivity index (χ1v) is 8.51. The first kappa shape index (κ1) is 19.1. The Hall–Kier alpha value is -2.70. The molecule has 0 spiro atoms. The normalized spacial score (nSPS) is 14.8. The van der Waals surface area contributed by atoms with E-state index in [0.29, 0.717) is 38.4 Å². The minimum Gasteiger partial charge on any atom is -0.493 e. The molecule has 6 nitrogen and oxygen atoms in total. The molecule has 2 aromatic carbocycles. The summed E-state index contributed by atoms with van der Waals surface area (Å²) in [7, 11) is 4.52. The molecular formula is C19H15Cl2NO5. The molecule has 27 heavy (non-hydrogen) atoms. The Bertz CT molecular complexity index is 969. The first-order valence-electron chi connectivity index (χ1n) is 7.75. The van der Waals surface area contributed by atoms with E-state index in [1.54, 1.807) is 36.4 Å². The van der Waals surface area contributed by atoms with Crippen molar-refractivity contribution < 1.29 is 23.7 Å². The molecule has 0 aromatic heterocycles. The minimum absolute atomic E-state index is 0.113. The van der Waals surface area contributed by atoms with Crippen LogP contribution in [0, 0.1) is 0 Å². The van der Waals surface area contributed by atoms with Crippen LogP contribution in [0.4, 0.5) is 0 Å². The van der Waals surface area contributed by atoms with Gasteiger partial charge in [0.25, 0.3) is 0 Å². The van der Waals surface area contributed by atoms with Crippen molar-refractivity contribution in [1.82, 2.24) is 0 Å². The zero-order chi connectivity index (χ0) is 19.6. The van der Waals surface area contributed by atoms with Crippen molar-refractivity contribution in [3.8, 4) is 17.2 Å². The number of cyclic esters (lactones) is 1. The third kappa shape index (κ3) is 3.72. The number of rotatable bonds is 5. The summed E-state index contributed by atoms with van der Waals surface area (Å²) in [5.41, 5.74) is 1.24. The number of carbonyl (C=O) groups is 1. The standard InChI is InChI=1S/C19H15Cl2NO5/c1-24-15-7-5-10(16(25-2)17(15)26-3)9-14-19(23)27-18(22-14)11-4-6-12(20)13(21)8-11/h4-9H,1-3H3/b14-9-. The fourth-order valence-corrected chi connectivity index (χ4v) is 2.85. The lowest BCUT2D eigenvalue weighted by Gasteiger charge is -2.14. The van der Waals surface area contributed by atoms with Gasteiger partial charge in [-0.3, -0.25) is 0 Å². The first-order chi connectivity index (χ1) is 13.0. The van der Waals surface area contributed by atoms with E-state index < -0.39 is 5.97 Å². The second-order valence-electron chi connectivity index (χ2n) is 5.39. The van der Waals surface area contributed by atoms with Crippen LogP contribution in [-0.4, -0.2) is 33.2 Å². The number of hydrogen-bond donors (Lipinski definition) is 0. The van der Waals surface area contributed by atoms with Gasteiger partial charge in [0.15, 0.2) is 17.2 Å². The van der Waals surface area contributed by atoms with E-state index in [0.717, 1.165) is 0 Å². The highest BCUT2D eigenvalue weighted by Gasteiger charge is 2.26. The van der Waals surface area contributed by atoms with Crippen molar-refractivity contribution in [2.75, 3.05) is 21.3 Å². The average Bonchev–Trinajstić information content (AvgIpc) is 3.03. The van der Waals surface area contributed by atoms with Crippen molar-refractivity contribution >= 4 is 41.1 Å². The Morgan fingerprint density at radius 2 is 1.70 bits per heavy atom. The third-order valence-electron chi connectivity index (χ3n) is 3.81. The van der Waals surface area contributed by atoms with Gasteiger partial charge < -0.3 is 18.9 Å². The lowest BCUT2D eigenvalue weighted by Crippen LogP contribution is -2.05. The highest BCUT2D eigenvalue weighted by molar-refractivity contribution is 6.42. The molecule has 1 aliphatic heterocycles. The maximum absolute atomic E-state index is 12.2. The Kier molecular flexibility index (Phi) is 5.58. The monoisotopic (exact) mass is 407 g/mol. The fraction of sp³-hybridized carbons (Fsp3) is 0.158. The van der Waals surface area contributed by atoms with Gasteiger partial charge in [-0.2, -0.15) is 0 Å². The van der Waals surface area contributed by atoms with Crippen molar-refractivity contribution in [2.45, 2.75) is 0 Å². The summed E-state index contributed by atoms with van der Waals surface area (Å²) in [5.74, 6) is 0.882. The Balaban J connectivity index is 2.03. The molecule has 0 saturated carbocycles. The molecule has 0 aliphatic carbocycles. The molecule has 0 bridgehead atoms. The van der Waals surface area contributed by atoms with E-state index >= 15 is 0 Å². The van der Waals surface area contributed by atoms with E-state index in [1.807, 2.05) is 0 Å². The van der Waals surface area contributed by atoms with E-state index in [-0.39, 0.29) is 11.6 Å². The highest BCUT2D eigenvalue weighted by Crippen LogP contribution is 2.41. The summed E-state index contributed by atoms with van der Waals surface area (Å²) >= 11 is 11.9. The smallest absolute Gasteiger partial charge is 0.363 e. The van der Waals surface area contributed by atoms with Gasteiger partial charge >= 0.3 is 5.97 Å². The molecule has 0 amide bonds. The zero-order valence-electron chi connectivity index (χ0n) is 14.7. The number of hydrogen-bond acceptors (Lipinski definition) is 6. The van der Waals surface area contributed by atoms with Crippen molar-refractivity contribution in [1.29, 1.82) is 0 Å². The van der Waals surface area contributed by atoms with Crippen LogP contribution in [-0.2, 0) is 9.53 Å². The van der Waals surface area contributed by atoms with Gasteiger partial charge in [-0.05, 0) is 36.4 Å². The number of ether oxygens (including phenoxy) is 4. The molecule has 0 N–H and O–H groups in total. The van der Waals surface area contributed by atoms with Crippen molar-refractivity contribution in [3.05, 3.63) is 57.2 Å². The summed E-state index contributed by atoms with van der Waals surface area (Å²) < 4.78 is 21.3. The van der Waals surface area contributed by atoms with Crippen molar-refractivity contribution in [2.24, 2.45) is 4.99 Å². The quantitative estimate of drug-likeness (QED) is 0.543. The minimum atomic E-state index is -0.590. The number of methoxy groups -OCH3 is 3. The highest BCUT2D eigenvalue weighted by atomic mass is 35.5. The fourth-order valence-electron chi connectivity index (χ4n) is 2.55. The van der Waals surface area contributed by atoms with Crippen LogP contribution in [0.5, 0.6) is 17.2 Å². The summed E-state index contributed by atoms with van der Waals surface area (Å²) in [6, 6.07) is 8.29. The summed E-state index contributed by atoms with van der Waals surface area (Å²) in [5, 5.41) is 0.739. The predicted molar refractivity (Wildman–Crippen MR) is 103 cm³/mol. The lowest BCUT2D eigenvalue weighted by molar-refractivity contribution is -0.129. The second-order valence-corrected chi connectivity index (χ2v) is 6.20. The van der Waals surface area contributed by atoms with Gasteiger partial charge in [0.1, 0.15) is 0 Å². The zero-order valence-corrected chi connectivity index (χ0v) is 16.2. The molecule has 0 radical (unpaired) electrons. The molecule has 140 valence electrons. The van der Waals surface area contributed by atoms with E-state index in [4.69, 9.17) is 42.1 Å². The SMILES string of the molecule is COc1ccc(/C=C2\N=C(c3ccc(Cl)c(Cl)c3)OC2=O)c(OC)c1OC. The largest absolute Gasteiger partial charge is 0.493 e. The van der Waals surface area contributed by atoms with E-state index in [9.17, 15) is 4.79 Å². The maximum atomic E-state index is 12.2. The van der Waals surface area contributed by atoms with Gasteiger partial charge in [0.2, 0.25) is 11.6 Å². The molecule has 1 heterocycles. The van der Waals surface area contributed by atoms with E-state index in [1.165, 1.54) is 21.3 Å². The molecule has 2 aromatic rings. The molecule has 3 rings (SSSR count). The number of nitrogens with zero attached hydrogens (tertiary/aromatic N) is 1. The Morgan fingerprint density at radius 1 is 0.963 bits per heavy atom. The molecule has 0 unspecified atom stereocenters. The number of esters is 1. The summed E-state index contributed by atoms with van der Waals surface area (Å²) in [6.07, 6.45) is 1.55. The van der Waals surface area contributed by atoms with Crippen LogP contribution in [0.1, 0.15) is 11.1 Å². The number of carbonyl (C=O) groups excluding carboxylic acids is 1. The Morgan fingerprint density at radius 3 is 2.33 bits per heavy atom. The number of benzene rings is 2. The predicted octanol–water partition coefficient (Wildman–Crippen LogP) is 4.36. The summed E-state index contributed by atoms with van der Waals surface area (Å²) in [6.45, 7) is 0. The van der Waals surface area contributed by atoms with Gasteiger partial charge in [0.05, 0.1) is 31.4 Å². The van der Waals surface area contributed by atoms with Crippen LogP contribution in [0.2, 0.25) is 10.0 Å². The van der Waals surface area contributed by atoms with Gasteiger partial charge in [-0.1, -0.05) is 23.2 Å². The van der Waals surface area contributed by atoms with Crippen LogP contribution in [0.3, 0.4) is 0 Å². The van der Waals surface area contributed by atoms with Crippen LogP contribution < -0.4 is 14.2 Å².